The van der Waals surface area contributed by atoms with Crippen molar-refractivity contribution in [2.45, 2.75) is 31.7 Å². The molecule has 0 radical (unpaired) electrons. The molecule has 8 nitrogen and oxygen atoms in total. The highest BCUT2D eigenvalue weighted by Gasteiger charge is 2.46. The topological polar surface area (TPSA) is 113 Å². The Hall–Kier alpha value is -3.81. The van der Waals surface area contributed by atoms with Crippen molar-refractivity contribution in [1.29, 1.82) is 0 Å². The van der Waals surface area contributed by atoms with Crippen LogP contribution in [0.3, 0.4) is 0 Å². The van der Waals surface area contributed by atoms with E-state index in [2.05, 4.69) is 0 Å². The molecule has 174 valence electrons. The van der Waals surface area contributed by atoms with Crippen molar-refractivity contribution in [2.24, 2.45) is 0 Å². The van der Waals surface area contributed by atoms with Gasteiger partial charge in [-0.1, -0.05) is 42.8 Å². The quantitative estimate of drug-likeness (QED) is 0.244. The average Bonchev–Trinajstić information content (AvgIpc) is 3.08. The molecular weight excluding hydrogens is 426 g/mol. The first-order chi connectivity index (χ1) is 15.9. The number of rotatable bonds is 10. The van der Waals surface area contributed by atoms with Crippen LogP contribution in [0.1, 0.15) is 42.9 Å². The second-order valence-corrected chi connectivity index (χ2v) is 7.68. The van der Waals surface area contributed by atoms with Crippen molar-refractivity contribution in [3.8, 4) is 11.5 Å². The number of ether oxygens (including phenoxy) is 2. The molecule has 1 saturated heterocycles. The first-order valence-electron chi connectivity index (χ1n) is 10.7. The minimum absolute atomic E-state index is 0.00366. The van der Waals surface area contributed by atoms with Gasteiger partial charge in [0.25, 0.3) is 11.7 Å². The number of aliphatic hydroxyl groups excluding tert-OH is 1. The molecule has 2 aromatic rings. The van der Waals surface area contributed by atoms with Gasteiger partial charge in [-0.15, -0.1) is 0 Å². The fraction of sp³-hybridized carbons (Fsp3) is 0.320. The van der Waals surface area contributed by atoms with Crippen molar-refractivity contribution in [3.63, 3.8) is 0 Å². The van der Waals surface area contributed by atoms with E-state index in [0.717, 1.165) is 0 Å². The minimum atomic E-state index is -0.872. The number of likely N-dealkylation sites (tertiary alicyclic amines) is 1. The SMILES string of the molecule is COc1ccc([C@H]2/C(=C(\O)c3ccccc3)C(=O)C(=O)N2CCCCCC(=O)O)cc1OC. The molecule has 1 heterocycles. The Morgan fingerprint density at radius 2 is 1.64 bits per heavy atom. The summed E-state index contributed by atoms with van der Waals surface area (Å²) in [4.78, 5) is 38.2. The zero-order valence-electron chi connectivity index (χ0n) is 18.6. The highest BCUT2D eigenvalue weighted by Crippen LogP contribution is 2.42. The Bertz CT molecular complexity index is 1060. The maximum atomic E-state index is 13.0. The summed E-state index contributed by atoms with van der Waals surface area (Å²) in [5.74, 6) is -1.66. The molecule has 1 atom stereocenters. The summed E-state index contributed by atoms with van der Waals surface area (Å²) in [7, 11) is 3.00. The number of aliphatic hydroxyl groups is 1. The fourth-order valence-electron chi connectivity index (χ4n) is 3.97. The number of nitrogens with zero attached hydrogens (tertiary/aromatic N) is 1. The van der Waals surface area contributed by atoms with Gasteiger partial charge in [-0.2, -0.15) is 0 Å². The van der Waals surface area contributed by atoms with Gasteiger partial charge < -0.3 is 24.6 Å². The van der Waals surface area contributed by atoms with E-state index in [9.17, 15) is 19.5 Å². The number of amides is 1. The van der Waals surface area contributed by atoms with Crippen molar-refractivity contribution in [1.82, 2.24) is 4.90 Å². The highest BCUT2D eigenvalue weighted by atomic mass is 16.5. The van der Waals surface area contributed by atoms with Gasteiger partial charge in [0.15, 0.2) is 11.5 Å². The molecule has 1 amide bonds. The summed E-state index contributed by atoms with van der Waals surface area (Å²) in [5, 5.41) is 19.8. The van der Waals surface area contributed by atoms with Gasteiger partial charge in [0.2, 0.25) is 0 Å². The van der Waals surface area contributed by atoms with Crippen molar-refractivity contribution < 1.29 is 34.1 Å². The first-order valence-corrected chi connectivity index (χ1v) is 10.7. The van der Waals surface area contributed by atoms with Gasteiger partial charge in [0.1, 0.15) is 5.76 Å². The summed E-state index contributed by atoms with van der Waals surface area (Å²) in [5.41, 5.74) is 1.03. The summed E-state index contributed by atoms with van der Waals surface area (Å²) in [6.45, 7) is 0.245. The van der Waals surface area contributed by atoms with Crippen LogP contribution in [-0.4, -0.2) is 53.5 Å². The predicted molar refractivity (Wildman–Crippen MR) is 121 cm³/mol. The van der Waals surface area contributed by atoms with Crippen LogP contribution in [-0.2, 0) is 14.4 Å². The molecule has 2 aromatic carbocycles. The molecule has 1 aliphatic heterocycles. The number of carbonyl (C=O) groups excluding carboxylic acids is 2. The van der Waals surface area contributed by atoms with Crippen LogP contribution < -0.4 is 9.47 Å². The molecule has 8 heteroatoms. The van der Waals surface area contributed by atoms with Crippen molar-refractivity contribution in [2.75, 3.05) is 20.8 Å². The number of carboxylic acid groups (broad SMARTS) is 1. The molecule has 1 aliphatic rings. The Morgan fingerprint density at radius 1 is 0.939 bits per heavy atom. The number of unbranched alkanes of at least 4 members (excludes halogenated alkanes) is 2. The average molecular weight is 453 g/mol. The zero-order valence-corrected chi connectivity index (χ0v) is 18.6. The van der Waals surface area contributed by atoms with Gasteiger partial charge in [0, 0.05) is 18.5 Å². The smallest absolute Gasteiger partial charge is 0.303 e. The van der Waals surface area contributed by atoms with E-state index in [1.54, 1.807) is 48.5 Å². The number of methoxy groups -OCH3 is 2. The molecule has 0 unspecified atom stereocenters. The number of aliphatic carboxylic acids is 1. The standard InChI is InChI=1S/C25H27NO7/c1-32-18-13-12-17(15-19(18)33-2)22-21(23(29)16-9-5-3-6-10-16)24(30)25(31)26(22)14-8-4-7-11-20(27)28/h3,5-6,9-10,12-13,15,22,29H,4,7-8,11,14H2,1-2H3,(H,27,28)/b23-21+/t22-/m0/s1. The molecule has 1 fully saturated rings. The van der Waals surface area contributed by atoms with E-state index in [0.29, 0.717) is 41.9 Å². The minimum Gasteiger partial charge on any atom is -0.507 e. The summed E-state index contributed by atoms with van der Waals surface area (Å²) < 4.78 is 10.7. The number of hydrogen-bond acceptors (Lipinski definition) is 6. The Morgan fingerprint density at radius 3 is 2.27 bits per heavy atom. The molecule has 0 bridgehead atoms. The lowest BCUT2D eigenvalue weighted by atomic mass is 9.95. The van der Waals surface area contributed by atoms with E-state index in [-0.39, 0.29) is 24.3 Å². The van der Waals surface area contributed by atoms with Crippen LogP contribution in [0.25, 0.3) is 5.76 Å². The third kappa shape index (κ3) is 5.16. The van der Waals surface area contributed by atoms with Crippen LogP contribution in [0, 0.1) is 0 Å². The van der Waals surface area contributed by atoms with Crippen molar-refractivity contribution in [3.05, 3.63) is 65.2 Å². The number of carbonyl (C=O) groups is 3. The number of carboxylic acids is 1. The number of benzene rings is 2. The van der Waals surface area contributed by atoms with Gasteiger partial charge >= 0.3 is 5.97 Å². The van der Waals surface area contributed by atoms with Crippen LogP contribution in [0.5, 0.6) is 11.5 Å². The van der Waals surface area contributed by atoms with E-state index in [1.165, 1.54) is 19.1 Å². The molecule has 0 aromatic heterocycles. The van der Waals surface area contributed by atoms with Gasteiger partial charge in [-0.05, 0) is 30.5 Å². The number of hydrogen-bond donors (Lipinski definition) is 2. The summed E-state index contributed by atoms with van der Waals surface area (Å²) in [6, 6.07) is 12.9. The molecule has 33 heavy (non-hydrogen) atoms. The summed E-state index contributed by atoms with van der Waals surface area (Å²) >= 11 is 0. The highest BCUT2D eigenvalue weighted by molar-refractivity contribution is 6.46. The van der Waals surface area contributed by atoms with E-state index in [1.807, 2.05) is 0 Å². The maximum absolute atomic E-state index is 13.0. The van der Waals surface area contributed by atoms with E-state index in [4.69, 9.17) is 14.6 Å². The van der Waals surface area contributed by atoms with Gasteiger partial charge in [0.05, 0.1) is 25.8 Å². The van der Waals surface area contributed by atoms with Crippen LogP contribution in [0.2, 0.25) is 0 Å². The second-order valence-electron chi connectivity index (χ2n) is 7.68. The third-order valence-electron chi connectivity index (χ3n) is 5.60. The maximum Gasteiger partial charge on any atom is 0.303 e. The number of ketones is 1. The molecule has 0 spiro atoms. The molecule has 2 N–H and O–H groups in total. The second kappa shape index (κ2) is 10.7. The lowest BCUT2D eigenvalue weighted by molar-refractivity contribution is -0.140. The van der Waals surface area contributed by atoms with Crippen molar-refractivity contribution >= 4 is 23.4 Å². The Kier molecular flexibility index (Phi) is 7.71. The van der Waals surface area contributed by atoms with E-state index < -0.39 is 23.7 Å². The monoisotopic (exact) mass is 453 g/mol. The zero-order chi connectivity index (χ0) is 24.0. The predicted octanol–water partition coefficient (Wildman–Crippen LogP) is 3.77. The number of Topliss-reactive ketones (excluding diaryl/α,β-unsaturated/α-hetero) is 1. The normalized spacial score (nSPS) is 17.3. The Balaban J connectivity index is 2.02. The van der Waals surface area contributed by atoms with Gasteiger partial charge in [-0.3, -0.25) is 14.4 Å². The van der Waals surface area contributed by atoms with Crippen LogP contribution in [0.4, 0.5) is 0 Å². The molecular formula is C25H27NO7. The molecule has 3 rings (SSSR count). The molecule has 0 aliphatic carbocycles. The van der Waals surface area contributed by atoms with E-state index >= 15 is 0 Å². The lowest BCUT2D eigenvalue weighted by Gasteiger charge is -2.26. The van der Waals surface area contributed by atoms with Crippen LogP contribution >= 0.6 is 0 Å². The fourth-order valence-corrected chi connectivity index (χ4v) is 3.97. The van der Waals surface area contributed by atoms with Crippen LogP contribution in [0.15, 0.2) is 54.1 Å². The van der Waals surface area contributed by atoms with Gasteiger partial charge in [-0.25, -0.2) is 0 Å². The molecule has 0 saturated carbocycles. The largest absolute Gasteiger partial charge is 0.507 e. The summed E-state index contributed by atoms with van der Waals surface area (Å²) in [6.07, 6.45) is 1.64. The first kappa shape index (κ1) is 23.8. The lowest BCUT2D eigenvalue weighted by Crippen LogP contribution is -2.30. The Labute approximate surface area is 192 Å². The third-order valence-corrected chi connectivity index (χ3v) is 5.60.